The molecule has 2 aromatic heterocycles. The fraction of sp³-hybridized carbons (Fsp3) is 0.462. The topological polar surface area (TPSA) is 92.0 Å². The van der Waals surface area contributed by atoms with E-state index >= 15 is 0 Å². The van der Waals surface area contributed by atoms with E-state index in [4.69, 9.17) is 5.73 Å². The molecule has 0 atom stereocenters. The summed E-state index contributed by atoms with van der Waals surface area (Å²) in [6.07, 6.45) is 5.20. The van der Waals surface area contributed by atoms with Crippen LogP contribution in [0.1, 0.15) is 32.0 Å². The molecule has 4 N–H and O–H groups in total. The molecule has 2 rings (SSSR count). The number of hydrogen-bond donors (Lipinski definition) is 3. The Kier molecular flexibility index (Phi) is 9.80. The summed E-state index contributed by atoms with van der Waals surface area (Å²) in [6.45, 7) is 4.83. The minimum atomic E-state index is 0. The number of aromatic amines is 1. The average molecular weight is 365 g/mol. The molecule has 0 amide bonds. The Morgan fingerprint density at radius 1 is 1.41 bits per heavy atom. The van der Waals surface area contributed by atoms with Crippen molar-refractivity contribution in [2.24, 2.45) is 10.7 Å². The second-order valence-electron chi connectivity index (χ2n) is 4.52. The summed E-state index contributed by atoms with van der Waals surface area (Å²) in [4.78, 5) is 16.0. The molecule has 2 aromatic rings. The molecule has 0 aliphatic rings. The van der Waals surface area contributed by atoms with Crippen molar-refractivity contribution in [2.45, 2.75) is 33.1 Å². The van der Waals surface area contributed by atoms with Gasteiger partial charge in [-0.05, 0) is 13.3 Å². The summed E-state index contributed by atoms with van der Waals surface area (Å²) in [5, 5.41) is 5.71. The van der Waals surface area contributed by atoms with Crippen LogP contribution in [0.15, 0.2) is 16.6 Å². The van der Waals surface area contributed by atoms with E-state index in [0.717, 1.165) is 35.3 Å². The Morgan fingerprint density at radius 3 is 2.82 bits per heavy atom. The standard InChI is InChI=1S/C13H20N6S.2ClH/c1-3-4-5-6-15-12(14)19-13-18-11(8-20-13)10-7-16-9(2)17-10;;/h7-8H,3-6H2,1-2H3,(H,16,17)(H3,14,15,18,19);2*1H. The van der Waals surface area contributed by atoms with Crippen LogP contribution in [0.5, 0.6) is 0 Å². The van der Waals surface area contributed by atoms with Gasteiger partial charge >= 0.3 is 0 Å². The molecular formula is C13H22Cl2N6S. The maximum atomic E-state index is 5.83. The number of hydrogen-bond acceptors (Lipinski definition) is 4. The molecule has 0 aromatic carbocycles. The lowest BCUT2D eigenvalue weighted by molar-refractivity contribution is 0.727. The third kappa shape index (κ3) is 6.21. The highest BCUT2D eigenvalue weighted by Crippen LogP contribution is 2.23. The van der Waals surface area contributed by atoms with Crippen molar-refractivity contribution in [3.8, 4) is 11.4 Å². The van der Waals surface area contributed by atoms with Crippen molar-refractivity contribution in [2.75, 3.05) is 11.9 Å². The number of aryl methyl sites for hydroxylation is 1. The number of aromatic nitrogens is 3. The fourth-order valence-corrected chi connectivity index (χ4v) is 2.43. The Morgan fingerprint density at radius 2 is 2.18 bits per heavy atom. The highest BCUT2D eigenvalue weighted by molar-refractivity contribution is 7.14. The van der Waals surface area contributed by atoms with Gasteiger partial charge in [-0.1, -0.05) is 19.8 Å². The first-order chi connectivity index (χ1) is 9.69. The molecular weight excluding hydrogens is 343 g/mol. The van der Waals surface area contributed by atoms with Gasteiger partial charge in [0.05, 0.1) is 11.9 Å². The number of nitrogens with zero attached hydrogens (tertiary/aromatic N) is 3. The number of unbranched alkanes of at least 4 members (excludes halogenated alkanes) is 2. The molecule has 0 fully saturated rings. The molecule has 22 heavy (non-hydrogen) atoms. The van der Waals surface area contributed by atoms with Crippen LogP contribution in [0.25, 0.3) is 11.4 Å². The lowest BCUT2D eigenvalue weighted by Gasteiger charge is -2.01. The van der Waals surface area contributed by atoms with E-state index in [-0.39, 0.29) is 24.8 Å². The lowest BCUT2D eigenvalue weighted by Crippen LogP contribution is -2.22. The first-order valence-electron chi connectivity index (χ1n) is 6.73. The van der Waals surface area contributed by atoms with Gasteiger partial charge in [-0.15, -0.1) is 36.2 Å². The third-order valence-corrected chi connectivity index (χ3v) is 3.52. The zero-order valence-electron chi connectivity index (χ0n) is 12.6. The van der Waals surface area contributed by atoms with Gasteiger partial charge in [0.15, 0.2) is 11.1 Å². The molecule has 0 bridgehead atoms. The molecule has 0 aliphatic carbocycles. The van der Waals surface area contributed by atoms with E-state index in [9.17, 15) is 0 Å². The summed E-state index contributed by atoms with van der Waals surface area (Å²) in [5.74, 6) is 1.29. The zero-order chi connectivity index (χ0) is 14.4. The van der Waals surface area contributed by atoms with Gasteiger partial charge in [-0.3, -0.25) is 4.99 Å². The minimum absolute atomic E-state index is 0. The highest BCUT2D eigenvalue weighted by atomic mass is 35.5. The Balaban J connectivity index is 0.00000220. The zero-order valence-corrected chi connectivity index (χ0v) is 15.1. The molecule has 0 aliphatic heterocycles. The summed E-state index contributed by atoms with van der Waals surface area (Å²) < 4.78 is 0. The van der Waals surface area contributed by atoms with Crippen LogP contribution >= 0.6 is 36.2 Å². The van der Waals surface area contributed by atoms with E-state index in [2.05, 4.69) is 32.2 Å². The third-order valence-electron chi connectivity index (χ3n) is 2.76. The van der Waals surface area contributed by atoms with Gasteiger partial charge in [-0.2, -0.15) is 0 Å². The van der Waals surface area contributed by atoms with Gasteiger partial charge in [0.2, 0.25) is 0 Å². The second kappa shape index (κ2) is 10.4. The number of anilines is 1. The summed E-state index contributed by atoms with van der Waals surface area (Å²) in [6, 6.07) is 0. The smallest absolute Gasteiger partial charge is 0.194 e. The second-order valence-corrected chi connectivity index (χ2v) is 5.38. The monoisotopic (exact) mass is 364 g/mol. The molecule has 0 spiro atoms. The first kappa shape index (κ1) is 20.7. The molecule has 6 nitrogen and oxygen atoms in total. The van der Waals surface area contributed by atoms with Crippen LogP contribution in [-0.2, 0) is 0 Å². The number of guanidine groups is 1. The van der Waals surface area contributed by atoms with Crippen molar-refractivity contribution in [3.63, 3.8) is 0 Å². The molecule has 9 heteroatoms. The maximum Gasteiger partial charge on any atom is 0.194 e. The quantitative estimate of drug-likeness (QED) is 0.414. The SMILES string of the molecule is CCCCCN=C(N)Nc1nc(-c2cnc(C)[nH]2)cs1.Cl.Cl. The van der Waals surface area contributed by atoms with E-state index < -0.39 is 0 Å². The number of halogens is 2. The number of nitrogens with two attached hydrogens (primary N) is 1. The van der Waals surface area contributed by atoms with E-state index in [1.165, 1.54) is 24.2 Å². The molecule has 0 unspecified atom stereocenters. The van der Waals surface area contributed by atoms with Gasteiger partial charge in [0, 0.05) is 11.9 Å². The number of rotatable bonds is 6. The minimum Gasteiger partial charge on any atom is -0.370 e. The van der Waals surface area contributed by atoms with Gasteiger partial charge in [-0.25, -0.2) is 9.97 Å². The van der Waals surface area contributed by atoms with Gasteiger partial charge in [0.25, 0.3) is 0 Å². The van der Waals surface area contributed by atoms with Crippen LogP contribution in [0.2, 0.25) is 0 Å². The number of aliphatic imine (C=N–C) groups is 1. The largest absolute Gasteiger partial charge is 0.370 e. The van der Waals surface area contributed by atoms with Crippen molar-refractivity contribution >= 4 is 47.2 Å². The molecule has 0 radical (unpaired) electrons. The number of thiazole rings is 1. The molecule has 0 saturated carbocycles. The van der Waals surface area contributed by atoms with Crippen LogP contribution in [0, 0.1) is 6.92 Å². The van der Waals surface area contributed by atoms with Crippen LogP contribution in [0.3, 0.4) is 0 Å². The predicted molar refractivity (Wildman–Crippen MR) is 98.6 cm³/mol. The first-order valence-corrected chi connectivity index (χ1v) is 7.61. The molecule has 2 heterocycles. The van der Waals surface area contributed by atoms with Gasteiger partial charge in [0.1, 0.15) is 11.5 Å². The normalized spacial score (nSPS) is 10.7. The average Bonchev–Trinajstić information content (AvgIpc) is 3.04. The number of nitrogens with one attached hydrogen (secondary N) is 2. The summed E-state index contributed by atoms with van der Waals surface area (Å²) in [7, 11) is 0. The van der Waals surface area contributed by atoms with Crippen LogP contribution < -0.4 is 11.1 Å². The predicted octanol–water partition coefficient (Wildman–Crippen LogP) is 3.60. The van der Waals surface area contributed by atoms with Crippen LogP contribution in [0.4, 0.5) is 5.13 Å². The Labute approximate surface area is 146 Å². The molecule has 124 valence electrons. The van der Waals surface area contributed by atoms with Crippen molar-refractivity contribution in [3.05, 3.63) is 17.4 Å². The summed E-state index contributed by atoms with van der Waals surface area (Å²) in [5.41, 5.74) is 7.59. The fourth-order valence-electron chi connectivity index (χ4n) is 1.72. The summed E-state index contributed by atoms with van der Waals surface area (Å²) >= 11 is 1.49. The molecule has 0 saturated heterocycles. The number of imidazole rings is 1. The van der Waals surface area contributed by atoms with E-state index in [1.807, 2.05) is 12.3 Å². The van der Waals surface area contributed by atoms with Crippen molar-refractivity contribution in [1.29, 1.82) is 0 Å². The van der Waals surface area contributed by atoms with E-state index in [0.29, 0.717) is 5.96 Å². The Bertz CT molecular complexity index is 581. The van der Waals surface area contributed by atoms with Crippen LogP contribution in [-0.4, -0.2) is 27.5 Å². The van der Waals surface area contributed by atoms with Crippen molar-refractivity contribution in [1.82, 2.24) is 15.0 Å². The van der Waals surface area contributed by atoms with E-state index in [1.54, 1.807) is 6.20 Å². The Hall–Kier alpha value is -1.31. The highest BCUT2D eigenvalue weighted by Gasteiger charge is 2.07. The maximum absolute atomic E-state index is 5.83. The number of H-pyrrole nitrogens is 1. The lowest BCUT2D eigenvalue weighted by atomic mass is 10.2. The van der Waals surface area contributed by atoms with Gasteiger partial charge < -0.3 is 16.0 Å². The van der Waals surface area contributed by atoms with Crippen molar-refractivity contribution < 1.29 is 0 Å².